The molecule has 1 aromatic heterocycles. The normalized spacial score (nSPS) is 10.6. The summed E-state index contributed by atoms with van der Waals surface area (Å²) in [5.41, 5.74) is 0.341. The van der Waals surface area contributed by atoms with Crippen LogP contribution in [-0.2, 0) is 4.79 Å². The van der Waals surface area contributed by atoms with Crippen molar-refractivity contribution < 1.29 is 23.5 Å². The van der Waals surface area contributed by atoms with Gasteiger partial charge in [-0.3, -0.25) is 4.79 Å². The fourth-order valence-electron chi connectivity index (χ4n) is 2.58. The Morgan fingerprint density at radius 2 is 1.86 bits per heavy atom. The molecule has 0 aliphatic rings. The highest BCUT2D eigenvalue weighted by Crippen LogP contribution is 2.23. The summed E-state index contributed by atoms with van der Waals surface area (Å²) in [6, 6.07) is 11.4. The number of hydrogen-bond acceptors (Lipinski definition) is 6. The summed E-state index contributed by atoms with van der Waals surface area (Å²) in [7, 11) is 0. The molecule has 0 spiro atoms. The summed E-state index contributed by atoms with van der Waals surface area (Å²) in [5, 5.41) is 3.09. The molecule has 3 aromatic rings. The van der Waals surface area contributed by atoms with E-state index < -0.39 is 17.5 Å². The Kier molecular flexibility index (Phi) is 6.33. The highest BCUT2D eigenvalue weighted by molar-refractivity contribution is 9.10. The molecule has 2 aromatic carbocycles. The van der Waals surface area contributed by atoms with Crippen LogP contribution in [0.15, 0.2) is 56.1 Å². The third-order valence-electron chi connectivity index (χ3n) is 4.01. The van der Waals surface area contributed by atoms with Crippen LogP contribution >= 0.6 is 15.9 Å². The van der Waals surface area contributed by atoms with Gasteiger partial charge < -0.3 is 19.2 Å². The second kappa shape index (κ2) is 8.91. The number of hydrogen-bond donors (Lipinski definition) is 1. The van der Waals surface area contributed by atoms with Gasteiger partial charge >= 0.3 is 11.6 Å². The molecule has 0 aliphatic carbocycles. The number of rotatable bonds is 6. The minimum atomic E-state index is -0.763. The maximum atomic E-state index is 12.1. The first-order valence-corrected chi connectivity index (χ1v) is 9.62. The Hall–Kier alpha value is -3.13. The van der Waals surface area contributed by atoms with Gasteiger partial charge in [0.1, 0.15) is 22.6 Å². The quantitative estimate of drug-likeness (QED) is 0.343. The zero-order valence-corrected chi connectivity index (χ0v) is 17.4. The van der Waals surface area contributed by atoms with Gasteiger partial charge in [-0.25, -0.2) is 9.59 Å². The van der Waals surface area contributed by atoms with Crippen molar-refractivity contribution in [1.82, 2.24) is 5.32 Å². The van der Waals surface area contributed by atoms with E-state index in [0.29, 0.717) is 17.7 Å². The summed E-state index contributed by atoms with van der Waals surface area (Å²) >= 11 is 3.40. The molecule has 0 aliphatic heterocycles. The molecular weight excluding hydrogens is 442 g/mol. The van der Waals surface area contributed by atoms with Crippen molar-refractivity contribution in [3.8, 4) is 11.5 Å². The van der Waals surface area contributed by atoms with Crippen molar-refractivity contribution in [2.75, 3.05) is 13.2 Å². The molecule has 7 nitrogen and oxygen atoms in total. The van der Waals surface area contributed by atoms with Crippen molar-refractivity contribution in [3.05, 3.63) is 68.5 Å². The molecule has 29 heavy (non-hydrogen) atoms. The van der Waals surface area contributed by atoms with E-state index >= 15 is 0 Å². The molecule has 0 fully saturated rings. The zero-order chi connectivity index (χ0) is 21.0. The molecule has 0 radical (unpaired) electrons. The number of fused-ring (bicyclic) bond motifs is 1. The van der Waals surface area contributed by atoms with Crippen LogP contribution in [0.2, 0.25) is 0 Å². The fraction of sp³-hybridized carbons (Fsp3) is 0.190. The van der Waals surface area contributed by atoms with E-state index in [1.165, 1.54) is 12.1 Å². The summed E-state index contributed by atoms with van der Waals surface area (Å²) in [6.45, 7) is 3.78. The van der Waals surface area contributed by atoms with Crippen molar-refractivity contribution in [1.29, 1.82) is 0 Å². The van der Waals surface area contributed by atoms with Crippen molar-refractivity contribution in [3.63, 3.8) is 0 Å². The standard InChI is InChI=1S/C21H18BrNO6/c1-3-23-20(25)16-9-13-4-5-15(10-18(13)29-21(16)26)28-19(24)11-27-14-6-7-17(22)12(2)8-14/h4-10H,3,11H2,1-2H3,(H,23,25). The lowest BCUT2D eigenvalue weighted by Gasteiger charge is -2.09. The predicted octanol–water partition coefficient (Wildman–Crippen LogP) is 3.60. The Bertz CT molecular complexity index is 1140. The predicted molar refractivity (Wildman–Crippen MR) is 111 cm³/mol. The number of carbonyl (C=O) groups excluding carboxylic acids is 2. The molecule has 8 heteroatoms. The average Bonchev–Trinajstić information content (AvgIpc) is 2.68. The molecule has 0 bridgehead atoms. The first-order chi connectivity index (χ1) is 13.9. The zero-order valence-electron chi connectivity index (χ0n) is 15.8. The lowest BCUT2D eigenvalue weighted by Crippen LogP contribution is -2.27. The average molecular weight is 460 g/mol. The maximum Gasteiger partial charge on any atom is 0.349 e. The summed E-state index contributed by atoms with van der Waals surface area (Å²) in [6.07, 6.45) is 0. The van der Waals surface area contributed by atoms with Crippen LogP contribution in [0.5, 0.6) is 11.5 Å². The monoisotopic (exact) mass is 459 g/mol. The van der Waals surface area contributed by atoms with Crippen LogP contribution in [-0.4, -0.2) is 25.0 Å². The molecule has 0 atom stereocenters. The lowest BCUT2D eigenvalue weighted by molar-refractivity contribution is -0.136. The Morgan fingerprint density at radius 3 is 2.59 bits per heavy atom. The molecule has 0 unspecified atom stereocenters. The minimum Gasteiger partial charge on any atom is -0.482 e. The minimum absolute atomic E-state index is 0.0812. The molecule has 1 N–H and O–H groups in total. The van der Waals surface area contributed by atoms with Crippen molar-refractivity contribution >= 4 is 38.8 Å². The molecule has 1 amide bonds. The van der Waals surface area contributed by atoms with Gasteiger partial charge in [-0.1, -0.05) is 15.9 Å². The molecular formula is C21H18BrNO6. The first kappa shape index (κ1) is 20.6. The number of ether oxygens (including phenoxy) is 2. The highest BCUT2D eigenvalue weighted by Gasteiger charge is 2.14. The molecule has 0 saturated carbocycles. The molecule has 1 heterocycles. The van der Waals surface area contributed by atoms with Crippen molar-refractivity contribution in [2.24, 2.45) is 0 Å². The van der Waals surface area contributed by atoms with E-state index in [1.807, 2.05) is 13.0 Å². The third kappa shape index (κ3) is 5.03. The Balaban J connectivity index is 1.70. The maximum absolute atomic E-state index is 12.1. The largest absolute Gasteiger partial charge is 0.482 e. The number of esters is 1. The number of halogens is 1. The van der Waals surface area contributed by atoms with Gasteiger partial charge in [0.15, 0.2) is 6.61 Å². The van der Waals surface area contributed by atoms with Gasteiger partial charge in [0.05, 0.1) is 0 Å². The van der Waals surface area contributed by atoms with Gasteiger partial charge in [0.2, 0.25) is 0 Å². The first-order valence-electron chi connectivity index (χ1n) is 8.83. The second-order valence-corrected chi connectivity index (χ2v) is 7.03. The van der Waals surface area contributed by atoms with Crippen LogP contribution < -0.4 is 20.4 Å². The van der Waals surface area contributed by atoms with Crippen LogP contribution in [0, 0.1) is 6.92 Å². The topological polar surface area (TPSA) is 94.8 Å². The van der Waals surface area contributed by atoms with E-state index in [9.17, 15) is 14.4 Å². The van der Waals surface area contributed by atoms with Gasteiger partial charge in [-0.2, -0.15) is 0 Å². The van der Waals surface area contributed by atoms with E-state index in [-0.39, 0.29) is 23.5 Å². The van der Waals surface area contributed by atoms with E-state index in [2.05, 4.69) is 21.2 Å². The summed E-state index contributed by atoms with van der Waals surface area (Å²) in [4.78, 5) is 36.0. The Labute approximate surface area is 174 Å². The number of carbonyl (C=O) groups is 2. The van der Waals surface area contributed by atoms with Gasteiger partial charge in [0, 0.05) is 22.5 Å². The fourth-order valence-corrected chi connectivity index (χ4v) is 2.83. The van der Waals surface area contributed by atoms with Crippen LogP contribution in [0.25, 0.3) is 11.0 Å². The van der Waals surface area contributed by atoms with E-state index in [4.69, 9.17) is 13.9 Å². The van der Waals surface area contributed by atoms with Crippen molar-refractivity contribution in [2.45, 2.75) is 13.8 Å². The molecule has 3 rings (SSSR count). The highest BCUT2D eigenvalue weighted by atomic mass is 79.9. The number of amides is 1. The van der Waals surface area contributed by atoms with Gasteiger partial charge in [-0.05, 0) is 55.8 Å². The smallest absolute Gasteiger partial charge is 0.349 e. The van der Waals surface area contributed by atoms with Gasteiger partial charge in [-0.15, -0.1) is 0 Å². The van der Waals surface area contributed by atoms with Crippen LogP contribution in [0.1, 0.15) is 22.8 Å². The number of nitrogens with one attached hydrogen (secondary N) is 1. The summed E-state index contributed by atoms with van der Waals surface area (Å²) in [5.74, 6) is -0.359. The summed E-state index contributed by atoms with van der Waals surface area (Å²) < 4.78 is 16.8. The lowest BCUT2D eigenvalue weighted by atomic mass is 10.1. The van der Waals surface area contributed by atoms with Crippen LogP contribution in [0.4, 0.5) is 0 Å². The molecule has 0 saturated heterocycles. The second-order valence-electron chi connectivity index (χ2n) is 6.18. The Morgan fingerprint density at radius 1 is 1.10 bits per heavy atom. The number of aryl methyl sites for hydroxylation is 1. The van der Waals surface area contributed by atoms with Gasteiger partial charge in [0.25, 0.3) is 5.91 Å². The third-order valence-corrected chi connectivity index (χ3v) is 4.90. The van der Waals surface area contributed by atoms with Crippen LogP contribution in [0.3, 0.4) is 0 Å². The SMILES string of the molecule is CCNC(=O)c1cc2ccc(OC(=O)COc3ccc(Br)c(C)c3)cc2oc1=O. The van der Waals surface area contributed by atoms with E-state index in [0.717, 1.165) is 10.0 Å². The van der Waals surface area contributed by atoms with E-state index in [1.54, 1.807) is 31.2 Å². The molecule has 150 valence electrons. The number of benzene rings is 2.